The fourth-order valence-electron chi connectivity index (χ4n) is 2.56. The molecule has 4 nitrogen and oxygen atoms in total. The molecule has 0 saturated carbocycles. The molecule has 0 radical (unpaired) electrons. The summed E-state index contributed by atoms with van der Waals surface area (Å²) in [5.74, 6) is 1.89. The number of pyridine rings is 1. The van der Waals surface area contributed by atoms with Crippen molar-refractivity contribution in [1.29, 1.82) is 0 Å². The van der Waals surface area contributed by atoms with Crippen LogP contribution in [-0.4, -0.2) is 43.2 Å². The Balaban J connectivity index is 2.06. The fourth-order valence-corrected chi connectivity index (χ4v) is 3.09. The largest absolute Gasteiger partial charge is 0.497 e. The molecule has 2 heterocycles. The van der Waals surface area contributed by atoms with Crippen molar-refractivity contribution in [1.82, 2.24) is 4.98 Å². The van der Waals surface area contributed by atoms with Crippen LogP contribution in [0.4, 0.5) is 5.82 Å². The van der Waals surface area contributed by atoms with Gasteiger partial charge in [-0.15, -0.1) is 0 Å². The van der Waals surface area contributed by atoms with Crippen molar-refractivity contribution in [3.05, 3.63) is 30.5 Å². The summed E-state index contributed by atoms with van der Waals surface area (Å²) < 4.78 is 10.8. The van der Waals surface area contributed by atoms with Crippen LogP contribution in [0.3, 0.4) is 0 Å². The van der Waals surface area contributed by atoms with E-state index in [0.717, 1.165) is 47.4 Å². The summed E-state index contributed by atoms with van der Waals surface area (Å²) in [6.07, 6.45) is 1.86. The molecule has 1 aromatic carbocycles. The van der Waals surface area contributed by atoms with Gasteiger partial charge in [-0.05, 0) is 29.7 Å². The minimum Gasteiger partial charge on any atom is -0.497 e. The summed E-state index contributed by atoms with van der Waals surface area (Å²) in [4.78, 5) is 6.92. The SMILES string of the molecule is COc1ccc2c(N3CCOCC3CBr)nccc2c1. The third-order valence-corrected chi connectivity index (χ3v) is 4.38. The van der Waals surface area contributed by atoms with Crippen molar-refractivity contribution in [2.24, 2.45) is 0 Å². The standard InChI is InChI=1S/C15H17BrN2O2/c1-19-13-2-3-14-11(8-13)4-5-17-15(14)18-6-7-20-10-12(18)9-16/h2-5,8,12H,6-7,9-10H2,1H3. The highest BCUT2D eigenvalue weighted by Gasteiger charge is 2.24. The number of nitrogens with zero attached hydrogens (tertiary/aromatic N) is 2. The Morgan fingerprint density at radius 3 is 3.15 bits per heavy atom. The lowest BCUT2D eigenvalue weighted by Crippen LogP contribution is -2.47. The average molecular weight is 337 g/mol. The lowest BCUT2D eigenvalue weighted by atomic mass is 10.1. The summed E-state index contributed by atoms with van der Waals surface area (Å²) in [7, 11) is 1.69. The number of hydrogen-bond donors (Lipinski definition) is 0. The van der Waals surface area contributed by atoms with Crippen molar-refractivity contribution >= 4 is 32.5 Å². The second-order valence-electron chi connectivity index (χ2n) is 4.80. The summed E-state index contributed by atoms with van der Waals surface area (Å²) in [5, 5.41) is 3.18. The molecule has 3 rings (SSSR count). The Labute approximate surface area is 126 Å². The van der Waals surface area contributed by atoms with E-state index in [1.807, 2.05) is 24.4 Å². The Bertz CT molecular complexity index is 605. The predicted octanol–water partition coefficient (Wildman–Crippen LogP) is 2.84. The van der Waals surface area contributed by atoms with E-state index in [1.54, 1.807) is 7.11 Å². The molecule has 5 heteroatoms. The van der Waals surface area contributed by atoms with Crippen molar-refractivity contribution in [2.75, 3.05) is 37.1 Å². The van der Waals surface area contributed by atoms with E-state index in [9.17, 15) is 0 Å². The molecule has 0 aliphatic carbocycles. The van der Waals surface area contributed by atoms with Crippen molar-refractivity contribution < 1.29 is 9.47 Å². The van der Waals surface area contributed by atoms with E-state index in [1.165, 1.54) is 0 Å². The summed E-state index contributed by atoms with van der Waals surface area (Å²) in [5.41, 5.74) is 0. The average Bonchev–Trinajstić information content (AvgIpc) is 2.53. The van der Waals surface area contributed by atoms with Gasteiger partial charge in [0.1, 0.15) is 11.6 Å². The Hall–Kier alpha value is -1.33. The van der Waals surface area contributed by atoms with Crippen LogP contribution in [0.25, 0.3) is 10.8 Å². The van der Waals surface area contributed by atoms with Gasteiger partial charge in [0.15, 0.2) is 0 Å². The first-order chi connectivity index (χ1) is 9.83. The lowest BCUT2D eigenvalue weighted by molar-refractivity contribution is 0.100. The number of ether oxygens (including phenoxy) is 2. The van der Waals surface area contributed by atoms with Crippen LogP contribution in [-0.2, 0) is 4.74 Å². The van der Waals surface area contributed by atoms with Crippen molar-refractivity contribution in [3.8, 4) is 5.75 Å². The number of methoxy groups -OCH3 is 1. The smallest absolute Gasteiger partial charge is 0.136 e. The molecule has 1 aliphatic heterocycles. The van der Waals surface area contributed by atoms with Crippen LogP contribution in [0.15, 0.2) is 30.5 Å². The highest BCUT2D eigenvalue weighted by molar-refractivity contribution is 9.09. The zero-order valence-corrected chi connectivity index (χ0v) is 13.0. The highest BCUT2D eigenvalue weighted by atomic mass is 79.9. The quantitative estimate of drug-likeness (QED) is 0.807. The molecule has 20 heavy (non-hydrogen) atoms. The minimum atomic E-state index is 0.323. The lowest BCUT2D eigenvalue weighted by Gasteiger charge is -2.36. The number of benzene rings is 1. The Morgan fingerprint density at radius 2 is 2.35 bits per heavy atom. The summed E-state index contributed by atoms with van der Waals surface area (Å²) in [6.45, 7) is 2.35. The number of aromatic nitrogens is 1. The molecule has 0 spiro atoms. The molecular formula is C15H17BrN2O2. The van der Waals surface area contributed by atoms with Gasteiger partial charge in [-0.1, -0.05) is 15.9 Å². The molecule has 1 aliphatic rings. The fraction of sp³-hybridized carbons (Fsp3) is 0.400. The zero-order valence-electron chi connectivity index (χ0n) is 11.4. The molecule has 0 N–H and O–H groups in total. The number of fused-ring (bicyclic) bond motifs is 1. The summed E-state index contributed by atoms with van der Waals surface area (Å²) >= 11 is 3.57. The van der Waals surface area contributed by atoms with Gasteiger partial charge in [0.2, 0.25) is 0 Å². The third-order valence-electron chi connectivity index (χ3n) is 3.63. The van der Waals surface area contributed by atoms with Crippen molar-refractivity contribution in [2.45, 2.75) is 6.04 Å². The van der Waals surface area contributed by atoms with Gasteiger partial charge in [-0.25, -0.2) is 4.98 Å². The van der Waals surface area contributed by atoms with Crippen LogP contribution in [0.1, 0.15) is 0 Å². The maximum absolute atomic E-state index is 5.55. The van der Waals surface area contributed by atoms with Crippen LogP contribution < -0.4 is 9.64 Å². The Morgan fingerprint density at radius 1 is 1.45 bits per heavy atom. The maximum atomic E-state index is 5.55. The molecular weight excluding hydrogens is 320 g/mol. The second-order valence-corrected chi connectivity index (χ2v) is 5.45. The number of alkyl halides is 1. The van der Waals surface area contributed by atoms with Gasteiger partial charge in [-0.3, -0.25) is 0 Å². The molecule has 106 valence electrons. The van der Waals surface area contributed by atoms with Crippen LogP contribution in [0, 0.1) is 0 Å². The van der Waals surface area contributed by atoms with Crippen LogP contribution in [0.5, 0.6) is 5.75 Å². The van der Waals surface area contributed by atoms with E-state index in [4.69, 9.17) is 9.47 Å². The van der Waals surface area contributed by atoms with Crippen LogP contribution in [0.2, 0.25) is 0 Å². The zero-order chi connectivity index (χ0) is 13.9. The molecule has 1 aromatic heterocycles. The number of halogens is 1. The predicted molar refractivity (Wildman–Crippen MR) is 84.0 cm³/mol. The van der Waals surface area contributed by atoms with Gasteiger partial charge in [-0.2, -0.15) is 0 Å². The summed E-state index contributed by atoms with van der Waals surface area (Å²) in [6, 6.07) is 8.45. The monoisotopic (exact) mass is 336 g/mol. The molecule has 1 saturated heterocycles. The molecule has 2 aromatic rings. The second kappa shape index (κ2) is 5.97. The van der Waals surface area contributed by atoms with Gasteiger partial charge in [0.05, 0.1) is 26.4 Å². The first-order valence-electron chi connectivity index (χ1n) is 6.66. The van der Waals surface area contributed by atoms with Crippen molar-refractivity contribution in [3.63, 3.8) is 0 Å². The third kappa shape index (κ3) is 2.47. The molecule has 1 unspecified atom stereocenters. The first-order valence-corrected chi connectivity index (χ1v) is 7.78. The van der Waals surface area contributed by atoms with E-state index >= 15 is 0 Å². The number of rotatable bonds is 3. The number of hydrogen-bond acceptors (Lipinski definition) is 4. The number of anilines is 1. The van der Waals surface area contributed by atoms with Gasteiger partial charge < -0.3 is 14.4 Å². The minimum absolute atomic E-state index is 0.323. The van der Waals surface area contributed by atoms with Gasteiger partial charge >= 0.3 is 0 Å². The van der Waals surface area contributed by atoms with Gasteiger partial charge in [0, 0.05) is 23.5 Å². The highest BCUT2D eigenvalue weighted by Crippen LogP contribution is 2.29. The van der Waals surface area contributed by atoms with E-state index in [2.05, 4.69) is 31.9 Å². The van der Waals surface area contributed by atoms with E-state index < -0.39 is 0 Å². The normalized spacial score (nSPS) is 19.3. The maximum Gasteiger partial charge on any atom is 0.136 e. The molecule has 1 atom stereocenters. The number of morpholine rings is 1. The van der Waals surface area contributed by atoms with E-state index in [0.29, 0.717) is 6.04 Å². The Kier molecular flexibility index (Phi) is 4.08. The molecule has 0 bridgehead atoms. The van der Waals surface area contributed by atoms with Gasteiger partial charge in [0.25, 0.3) is 0 Å². The molecule has 1 fully saturated rings. The first kappa shape index (κ1) is 13.6. The topological polar surface area (TPSA) is 34.6 Å². The van der Waals surface area contributed by atoms with E-state index in [-0.39, 0.29) is 0 Å². The van der Waals surface area contributed by atoms with Crippen LogP contribution >= 0.6 is 15.9 Å². The molecule has 0 amide bonds.